The average Bonchev–Trinajstić information content (AvgIpc) is 3.01. The SMILES string of the molecule is COc1cccc(N2c3cccc4c3N(c3c(c[c-]c(C)c3C)C4(C)C)[C@@H]2C)c1C.[Ru+]. The minimum Gasteiger partial charge on any atom is -0.496 e. The van der Waals surface area contributed by atoms with Gasteiger partial charge in [-0.3, -0.25) is 0 Å². The van der Waals surface area contributed by atoms with Crippen LogP contribution in [-0.2, 0) is 24.9 Å². The fraction of sp³-hybridized carbons (Fsp3) is 0.333. The summed E-state index contributed by atoms with van der Waals surface area (Å²) in [7, 11) is 1.74. The molecule has 0 N–H and O–H groups in total. The predicted octanol–water partition coefficient (Wildman–Crippen LogP) is 6.69. The minimum atomic E-state index is -0.0781. The molecular weight excluding hydrogens is 469 g/mol. The number of methoxy groups -OCH3 is 1. The zero-order chi connectivity index (χ0) is 21.4. The van der Waals surface area contributed by atoms with Crippen LogP contribution < -0.4 is 14.5 Å². The summed E-state index contributed by atoms with van der Waals surface area (Å²) in [6.45, 7) is 13.5. The molecule has 31 heavy (non-hydrogen) atoms. The molecular formula is C27H29N2ORu. The monoisotopic (exact) mass is 499 g/mol. The number of benzene rings is 3. The Bertz CT molecular complexity index is 1180. The van der Waals surface area contributed by atoms with Gasteiger partial charge in [0.25, 0.3) is 0 Å². The summed E-state index contributed by atoms with van der Waals surface area (Å²) >= 11 is 0. The van der Waals surface area contributed by atoms with Crippen LogP contribution in [0, 0.1) is 26.8 Å². The van der Waals surface area contributed by atoms with Crippen LogP contribution in [0.25, 0.3) is 0 Å². The zero-order valence-corrected chi connectivity index (χ0v) is 21.0. The van der Waals surface area contributed by atoms with E-state index >= 15 is 0 Å². The number of ether oxygens (including phenoxy) is 1. The van der Waals surface area contributed by atoms with Gasteiger partial charge in [-0.05, 0) is 43.0 Å². The summed E-state index contributed by atoms with van der Waals surface area (Å²) in [6, 6.07) is 18.8. The molecule has 0 bridgehead atoms. The Morgan fingerprint density at radius 3 is 2.26 bits per heavy atom. The van der Waals surface area contributed by atoms with Gasteiger partial charge >= 0.3 is 19.5 Å². The van der Waals surface area contributed by atoms with Crippen molar-refractivity contribution in [2.24, 2.45) is 0 Å². The third kappa shape index (κ3) is 2.81. The van der Waals surface area contributed by atoms with Gasteiger partial charge in [0.15, 0.2) is 0 Å². The summed E-state index contributed by atoms with van der Waals surface area (Å²) in [4.78, 5) is 5.01. The third-order valence-corrected chi connectivity index (χ3v) is 7.19. The van der Waals surface area contributed by atoms with Gasteiger partial charge in [0.1, 0.15) is 11.9 Å². The van der Waals surface area contributed by atoms with E-state index in [1.165, 1.54) is 45.0 Å². The number of aryl methyl sites for hydroxylation is 1. The van der Waals surface area contributed by atoms with Crippen LogP contribution in [0.15, 0.2) is 42.5 Å². The summed E-state index contributed by atoms with van der Waals surface area (Å²) in [5.41, 5.74) is 11.5. The molecule has 5 rings (SSSR count). The maximum atomic E-state index is 5.64. The maximum Gasteiger partial charge on any atom is 1.00 e. The molecule has 0 spiro atoms. The van der Waals surface area contributed by atoms with E-state index in [-0.39, 0.29) is 31.1 Å². The summed E-state index contributed by atoms with van der Waals surface area (Å²) in [5, 5.41) is 0. The van der Waals surface area contributed by atoms with Crippen LogP contribution in [0.2, 0.25) is 0 Å². The number of anilines is 4. The molecule has 2 heterocycles. The Kier molecular flexibility index (Phi) is 5.21. The smallest absolute Gasteiger partial charge is 0.496 e. The molecule has 0 amide bonds. The second-order valence-corrected chi connectivity index (χ2v) is 9.08. The van der Waals surface area contributed by atoms with Crippen LogP contribution in [0.3, 0.4) is 0 Å². The van der Waals surface area contributed by atoms with Crippen molar-refractivity contribution in [1.29, 1.82) is 0 Å². The van der Waals surface area contributed by atoms with E-state index in [1.54, 1.807) is 7.11 Å². The van der Waals surface area contributed by atoms with Gasteiger partial charge in [-0.1, -0.05) is 51.6 Å². The van der Waals surface area contributed by atoms with E-state index in [0.29, 0.717) is 0 Å². The van der Waals surface area contributed by atoms with E-state index in [1.807, 2.05) is 6.07 Å². The number of fused-ring (bicyclic) bond motifs is 2. The van der Waals surface area contributed by atoms with E-state index in [2.05, 4.69) is 93.8 Å². The zero-order valence-electron chi connectivity index (χ0n) is 19.3. The largest absolute Gasteiger partial charge is 1.00 e. The Balaban J connectivity index is 0.00000231. The van der Waals surface area contributed by atoms with E-state index < -0.39 is 0 Å². The molecule has 0 saturated carbocycles. The van der Waals surface area contributed by atoms with Crippen LogP contribution in [-0.4, -0.2) is 13.3 Å². The Hall–Kier alpha value is -2.32. The normalized spacial score (nSPS) is 17.7. The first kappa shape index (κ1) is 21.9. The number of para-hydroxylation sites is 1. The van der Waals surface area contributed by atoms with Crippen LogP contribution >= 0.6 is 0 Å². The van der Waals surface area contributed by atoms with Gasteiger partial charge in [-0.15, -0.1) is 11.1 Å². The molecule has 1 radical (unpaired) electrons. The molecule has 3 aromatic rings. The Labute approximate surface area is 198 Å². The van der Waals surface area contributed by atoms with Crippen molar-refractivity contribution in [2.75, 3.05) is 16.9 Å². The average molecular weight is 499 g/mol. The van der Waals surface area contributed by atoms with Gasteiger partial charge in [-0.25, -0.2) is 0 Å². The molecule has 0 aromatic heterocycles. The van der Waals surface area contributed by atoms with Crippen LogP contribution in [0.5, 0.6) is 5.75 Å². The number of rotatable bonds is 2. The summed E-state index contributed by atoms with van der Waals surface area (Å²) in [6.07, 6.45) is 0.155. The fourth-order valence-electron chi connectivity index (χ4n) is 5.37. The molecule has 2 aliphatic rings. The van der Waals surface area contributed by atoms with Crippen molar-refractivity contribution in [3.63, 3.8) is 0 Å². The molecule has 0 unspecified atom stereocenters. The Morgan fingerprint density at radius 2 is 1.55 bits per heavy atom. The topological polar surface area (TPSA) is 15.7 Å². The second kappa shape index (κ2) is 7.38. The van der Waals surface area contributed by atoms with Crippen molar-refractivity contribution in [3.05, 3.63) is 76.3 Å². The quantitative estimate of drug-likeness (QED) is 0.289. The molecule has 0 saturated heterocycles. The molecule has 0 fully saturated rings. The maximum absolute atomic E-state index is 5.64. The summed E-state index contributed by atoms with van der Waals surface area (Å²) in [5.74, 6) is 0.924. The standard InChI is InChI=1S/C27H29N2O.Ru/c1-16-14-15-21-25(17(16)2)29-19(4)28(22-11-9-13-24(30-7)18(22)3)23-12-8-10-20(26(23)29)27(21,5)6;/h8-13,15,19H,1-7H3;/q-1;+1/t19-;/m1./s1. The Morgan fingerprint density at radius 1 is 0.871 bits per heavy atom. The van der Waals surface area contributed by atoms with Crippen molar-refractivity contribution in [2.45, 2.75) is 53.1 Å². The number of nitrogens with zero attached hydrogens (tertiary/aromatic N) is 2. The number of hydrogen-bond acceptors (Lipinski definition) is 3. The van der Waals surface area contributed by atoms with Crippen molar-refractivity contribution >= 4 is 22.7 Å². The molecule has 2 aliphatic heterocycles. The van der Waals surface area contributed by atoms with Gasteiger partial charge < -0.3 is 14.5 Å². The predicted molar refractivity (Wildman–Crippen MR) is 125 cm³/mol. The third-order valence-electron chi connectivity index (χ3n) is 7.19. The molecule has 0 aliphatic carbocycles. The fourth-order valence-corrected chi connectivity index (χ4v) is 5.37. The van der Waals surface area contributed by atoms with Gasteiger partial charge in [0.05, 0.1) is 18.5 Å². The number of hydrogen-bond donors (Lipinski definition) is 0. The van der Waals surface area contributed by atoms with Crippen LogP contribution in [0.4, 0.5) is 22.7 Å². The van der Waals surface area contributed by atoms with Crippen molar-refractivity contribution < 1.29 is 24.2 Å². The first-order chi connectivity index (χ1) is 14.3. The van der Waals surface area contributed by atoms with E-state index in [9.17, 15) is 0 Å². The first-order valence-corrected chi connectivity index (χ1v) is 10.7. The van der Waals surface area contributed by atoms with Crippen molar-refractivity contribution in [3.8, 4) is 5.75 Å². The minimum absolute atomic E-state index is 0. The van der Waals surface area contributed by atoms with Gasteiger partial charge in [0, 0.05) is 11.3 Å². The van der Waals surface area contributed by atoms with Gasteiger partial charge in [-0.2, -0.15) is 17.7 Å². The molecule has 4 heteroatoms. The molecule has 3 aromatic carbocycles. The van der Waals surface area contributed by atoms with Gasteiger partial charge in [0.2, 0.25) is 0 Å². The van der Waals surface area contributed by atoms with E-state index in [4.69, 9.17) is 4.74 Å². The second-order valence-electron chi connectivity index (χ2n) is 9.08. The van der Waals surface area contributed by atoms with Crippen molar-refractivity contribution in [1.82, 2.24) is 0 Å². The van der Waals surface area contributed by atoms with Crippen LogP contribution in [0.1, 0.15) is 48.6 Å². The molecule has 161 valence electrons. The van der Waals surface area contributed by atoms with E-state index in [0.717, 1.165) is 11.3 Å². The molecule has 1 atom stereocenters. The first-order valence-electron chi connectivity index (χ1n) is 10.7. The molecule has 3 nitrogen and oxygen atoms in total. The summed E-state index contributed by atoms with van der Waals surface area (Å²) < 4.78 is 5.64.